The molecule has 0 saturated carbocycles. The number of hydrogen-bond donors (Lipinski definition) is 3. The van der Waals surface area contributed by atoms with Crippen LogP contribution >= 0.6 is 0 Å². The molecule has 5 nitrogen and oxygen atoms in total. The van der Waals surface area contributed by atoms with Crippen LogP contribution in [-0.2, 0) is 4.74 Å². The maximum absolute atomic E-state index is 11.4. The molecule has 106 valence electrons. The van der Waals surface area contributed by atoms with E-state index in [2.05, 4.69) is 5.32 Å². The number of ether oxygens (including phenoxy) is 1. The SMILES string of the molecule is CC(C)(C)OC(=O)NCCC(O)c1cccc(O)c1. The third-order valence-corrected chi connectivity index (χ3v) is 2.34. The molecule has 0 aliphatic heterocycles. The fourth-order valence-corrected chi connectivity index (χ4v) is 1.52. The van der Waals surface area contributed by atoms with Gasteiger partial charge in [-0.2, -0.15) is 0 Å². The number of carbonyl (C=O) groups excluding carboxylic acids is 1. The lowest BCUT2D eigenvalue weighted by atomic mass is 10.1. The second-order valence-electron chi connectivity index (χ2n) is 5.33. The number of aliphatic hydroxyl groups excluding tert-OH is 1. The summed E-state index contributed by atoms with van der Waals surface area (Å²) in [5.74, 6) is 0.108. The summed E-state index contributed by atoms with van der Waals surface area (Å²) in [6, 6.07) is 6.42. The van der Waals surface area contributed by atoms with Crippen LogP contribution in [0.1, 0.15) is 38.9 Å². The van der Waals surface area contributed by atoms with Gasteiger partial charge in [0.1, 0.15) is 11.4 Å². The number of amides is 1. The van der Waals surface area contributed by atoms with Crippen LogP contribution in [-0.4, -0.2) is 28.5 Å². The van der Waals surface area contributed by atoms with E-state index in [0.717, 1.165) is 0 Å². The van der Waals surface area contributed by atoms with Crippen LogP contribution in [0.5, 0.6) is 5.75 Å². The molecule has 0 saturated heterocycles. The minimum Gasteiger partial charge on any atom is -0.508 e. The van der Waals surface area contributed by atoms with Gasteiger partial charge in [0.25, 0.3) is 0 Å². The van der Waals surface area contributed by atoms with Crippen molar-refractivity contribution in [3.05, 3.63) is 29.8 Å². The summed E-state index contributed by atoms with van der Waals surface area (Å²) in [6.45, 7) is 5.66. The second-order valence-corrected chi connectivity index (χ2v) is 5.33. The standard InChI is InChI=1S/C14H21NO4/c1-14(2,3)19-13(18)15-8-7-12(17)10-5-4-6-11(16)9-10/h4-6,9,12,16-17H,7-8H2,1-3H3,(H,15,18). The lowest BCUT2D eigenvalue weighted by Crippen LogP contribution is -2.33. The first kappa shape index (κ1) is 15.3. The molecule has 0 aliphatic carbocycles. The highest BCUT2D eigenvalue weighted by molar-refractivity contribution is 5.67. The summed E-state index contributed by atoms with van der Waals surface area (Å²) in [6.07, 6.45) is -0.888. The van der Waals surface area contributed by atoms with Crippen molar-refractivity contribution in [1.82, 2.24) is 5.32 Å². The first-order chi connectivity index (χ1) is 8.78. The molecule has 0 aliphatic rings. The molecule has 1 amide bonds. The van der Waals surface area contributed by atoms with Gasteiger partial charge in [-0.25, -0.2) is 4.79 Å². The van der Waals surface area contributed by atoms with E-state index in [4.69, 9.17) is 4.74 Å². The number of alkyl carbamates (subject to hydrolysis) is 1. The average Bonchev–Trinajstić information content (AvgIpc) is 2.26. The van der Waals surface area contributed by atoms with Crippen molar-refractivity contribution in [3.8, 4) is 5.75 Å². The van der Waals surface area contributed by atoms with Crippen molar-refractivity contribution in [1.29, 1.82) is 0 Å². The van der Waals surface area contributed by atoms with Crippen LogP contribution in [0.4, 0.5) is 4.79 Å². The van der Waals surface area contributed by atoms with Gasteiger partial charge in [0.15, 0.2) is 0 Å². The van der Waals surface area contributed by atoms with Crippen molar-refractivity contribution in [2.45, 2.75) is 38.9 Å². The fraction of sp³-hybridized carbons (Fsp3) is 0.500. The lowest BCUT2D eigenvalue weighted by molar-refractivity contribution is 0.0518. The molecule has 1 rings (SSSR count). The topological polar surface area (TPSA) is 78.8 Å². The molecule has 1 aromatic rings. The van der Waals surface area contributed by atoms with Crippen molar-refractivity contribution in [2.75, 3.05) is 6.54 Å². The molecule has 0 bridgehead atoms. The maximum atomic E-state index is 11.4. The molecule has 3 N–H and O–H groups in total. The van der Waals surface area contributed by atoms with E-state index in [0.29, 0.717) is 18.5 Å². The molecule has 1 atom stereocenters. The molecule has 1 unspecified atom stereocenters. The summed E-state index contributed by atoms with van der Waals surface area (Å²) in [5.41, 5.74) is 0.0828. The number of rotatable bonds is 4. The Kier molecular flexibility index (Phi) is 5.18. The number of phenolic OH excluding ortho intramolecular Hbond substituents is 1. The molecule has 0 spiro atoms. The van der Waals surface area contributed by atoms with Crippen LogP contribution in [0, 0.1) is 0 Å². The van der Waals surface area contributed by atoms with Gasteiger partial charge in [-0.05, 0) is 44.9 Å². The molecular weight excluding hydrogens is 246 g/mol. The van der Waals surface area contributed by atoms with E-state index >= 15 is 0 Å². The fourth-order valence-electron chi connectivity index (χ4n) is 1.52. The van der Waals surface area contributed by atoms with Gasteiger partial charge < -0.3 is 20.3 Å². The van der Waals surface area contributed by atoms with Crippen LogP contribution < -0.4 is 5.32 Å². The number of aliphatic hydroxyl groups is 1. The molecule has 5 heteroatoms. The largest absolute Gasteiger partial charge is 0.508 e. The summed E-state index contributed by atoms with van der Waals surface area (Å²) < 4.78 is 5.07. The summed E-state index contributed by atoms with van der Waals surface area (Å²) in [4.78, 5) is 11.4. The summed E-state index contributed by atoms with van der Waals surface area (Å²) >= 11 is 0. The average molecular weight is 267 g/mol. The van der Waals surface area contributed by atoms with E-state index in [1.807, 2.05) is 0 Å². The van der Waals surface area contributed by atoms with Gasteiger partial charge in [0, 0.05) is 6.54 Å². The molecular formula is C14H21NO4. The van der Waals surface area contributed by atoms with E-state index in [1.165, 1.54) is 12.1 Å². The third kappa shape index (κ3) is 6.10. The molecule has 19 heavy (non-hydrogen) atoms. The minimum absolute atomic E-state index is 0.108. The van der Waals surface area contributed by atoms with Gasteiger partial charge in [-0.1, -0.05) is 12.1 Å². The molecule has 1 aromatic carbocycles. The molecule has 0 radical (unpaired) electrons. The van der Waals surface area contributed by atoms with E-state index < -0.39 is 17.8 Å². The number of aromatic hydroxyl groups is 1. The quantitative estimate of drug-likeness (QED) is 0.782. The highest BCUT2D eigenvalue weighted by Crippen LogP contribution is 2.20. The van der Waals surface area contributed by atoms with Crippen LogP contribution in [0.3, 0.4) is 0 Å². The predicted molar refractivity (Wildman–Crippen MR) is 71.9 cm³/mol. The monoisotopic (exact) mass is 267 g/mol. The first-order valence-electron chi connectivity index (χ1n) is 6.22. The smallest absolute Gasteiger partial charge is 0.407 e. The van der Waals surface area contributed by atoms with Gasteiger partial charge >= 0.3 is 6.09 Å². The summed E-state index contributed by atoms with van der Waals surface area (Å²) in [7, 11) is 0. The number of nitrogens with one attached hydrogen (secondary N) is 1. The highest BCUT2D eigenvalue weighted by atomic mass is 16.6. The van der Waals surface area contributed by atoms with E-state index in [1.54, 1.807) is 32.9 Å². The number of hydrogen-bond acceptors (Lipinski definition) is 4. The Hall–Kier alpha value is -1.75. The lowest BCUT2D eigenvalue weighted by Gasteiger charge is -2.20. The van der Waals surface area contributed by atoms with Crippen molar-refractivity contribution >= 4 is 6.09 Å². The van der Waals surface area contributed by atoms with Crippen molar-refractivity contribution < 1.29 is 19.7 Å². The number of benzene rings is 1. The first-order valence-corrected chi connectivity index (χ1v) is 6.22. The molecule has 0 aromatic heterocycles. The van der Waals surface area contributed by atoms with Gasteiger partial charge in [0.2, 0.25) is 0 Å². The van der Waals surface area contributed by atoms with Gasteiger partial charge in [-0.3, -0.25) is 0 Å². The van der Waals surface area contributed by atoms with Crippen molar-refractivity contribution in [2.24, 2.45) is 0 Å². The Morgan fingerprint density at radius 2 is 2.11 bits per heavy atom. The van der Waals surface area contributed by atoms with Gasteiger partial charge in [-0.15, -0.1) is 0 Å². The number of phenols is 1. The van der Waals surface area contributed by atoms with Crippen LogP contribution in [0.25, 0.3) is 0 Å². The Balaban J connectivity index is 2.35. The van der Waals surface area contributed by atoms with Crippen LogP contribution in [0.15, 0.2) is 24.3 Å². The molecule has 0 fully saturated rings. The zero-order valence-electron chi connectivity index (χ0n) is 11.5. The zero-order valence-corrected chi connectivity index (χ0v) is 11.5. The number of carbonyl (C=O) groups is 1. The Labute approximate surface area is 113 Å². The minimum atomic E-state index is -0.734. The highest BCUT2D eigenvalue weighted by Gasteiger charge is 2.16. The Bertz CT molecular complexity index is 426. The van der Waals surface area contributed by atoms with E-state index in [9.17, 15) is 15.0 Å². The van der Waals surface area contributed by atoms with Gasteiger partial charge in [0.05, 0.1) is 6.10 Å². The second kappa shape index (κ2) is 6.43. The maximum Gasteiger partial charge on any atom is 0.407 e. The zero-order chi connectivity index (χ0) is 14.5. The Morgan fingerprint density at radius 3 is 2.68 bits per heavy atom. The Morgan fingerprint density at radius 1 is 1.42 bits per heavy atom. The molecule has 0 heterocycles. The van der Waals surface area contributed by atoms with Crippen LogP contribution in [0.2, 0.25) is 0 Å². The van der Waals surface area contributed by atoms with E-state index in [-0.39, 0.29) is 5.75 Å². The van der Waals surface area contributed by atoms with Crippen molar-refractivity contribution in [3.63, 3.8) is 0 Å². The predicted octanol–water partition coefficient (Wildman–Crippen LogP) is 2.34. The third-order valence-electron chi connectivity index (χ3n) is 2.34. The normalized spacial score (nSPS) is 12.8. The summed E-state index contributed by atoms with van der Waals surface area (Å²) in [5, 5.41) is 21.8.